The van der Waals surface area contributed by atoms with Gasteiger partial charge in [-0.05, 0) is 19.4 Å². The van der Waals surface area contributed by atoms with Gasteiger partial charge in [-0.15, -0.1) is 0 Å². The molecule has 6 nitrogen and oxygen atoms in total. The van der Waals surface area contributed by atoms with Gasteiger partial charge in [-0.2, -0.15) is 0 Å². The largest absolute Gasteiger partial charge is 0.368 e. The van der Waals surface area contributed by atoms with E-state index >= 15 is 0 Å². The van der Waals surface area contributed by atoms with Crippen LogP contribution in [0.4, 0.5) is 4.79 Å². The molecule has 0 rings (SSSR count). The summed E-state index contributed by atoms with van der Waals surface area (Å²) in [5, 5.41) is 2.22. The van der Waals surface area contributed by atoms with Crippen LogP contribution in [0.1, 0.15) is 12.8 Å². The average molecular weight is 174 g/mol. The van der Waals surface area contributed by atoms with Crippen molar-refractivity contribution >= 4 is 11.9 Å². The van der Waals surface area contributed by atoms with Crippen LogP contribution in [-0.2, 0) is 4.79 Å². The van der Waals surface area contributed by atoms with E-state index in [9.17, 15) is 9.59 Å². The highest BCUT2D eigenvalue weighted by atomic mass is 16.2. The lowest BCUT2D eigenvalue weighted by Crippen LogP contribution is -2.46. The van der Waals surface area contributed by atoms with Crippen molar-refractivity contribution in [1.82, 2.24) is 5.32 Å². The molecule has 0 spiro atoms. The summed E-state index contributed by atoms with van der Waals surface area (Å²) in [6, 6.07) is -1.46. The van der Waals surface area contributed by atoms with E-state index in [4.69, 9.17) is 17.2 Å². The molecular weight excluding hydrogens is 160 g/mol. The lowest BCUT2D eigenvalue weighted by molar-refractivity contribution is -0.119. The summed E-state index contributed by atoms with van der Waals surface area (Å²) in [6.45, 7) is 0.449. The van der Waals surface area contributed by atoms with E-state index in [-0.39, 0.29) is 0 Å². The topological polar surface area (TPSA) is 124 Å². The SMILES string of the molecule is NCCC[C@@H](NC(N)=O)C(N)=O. The number of nitrogens with one attached hydrogen (secondary N) is 1. The Morgan fingerprint density at radius 3 is 2.25 bits per heavy atom. The van der Waals surface area contributed by atoms with Crippen LogP contribution in [0.2, 0.25) is 0 Å². The second-order valence-electron chi connectivity index (χ2n) is 2.39. The monoisotopic (exact) mass is 174 g/mol. The van der Waals surface area contributed by atoms with Gasteiger partial charge >= 0.3 is 6.03 Å². The van der Waals surface area contributed by atoms with E-state index in [1.165, 1.54) is 0 Å². The Balaban J connectivity index is 3.87. The van der Waals surface area contributed by atoms with Crippen LogP contribution in [0.5, 0.6) is 0 Å². The highest BCUT2D eigenvalue weighted by molar-refractivity contribution is 5.85. The number of rotatable bonds is 5. The third-order valence-electron chi connectivity index (χ3n) is 1.36. The summed E-state index contributed by atoms with van der Waals surface area (Å²) in [5.41, 5.74) is 15.0. The molecule has 0 aromatic heterocycles. The lowest BCUT2D eigenvalue weighted by atomic mass is 10.1. The molecule has 0 fully saturated rings. The molecule has 3 amide bonds. The van der Waals surface area contributed by atoms with Crippen molar-refractivity contribution in [3.63, 3.8) is 0 Å². The molecule has 0 radical (unpaired) electrons. The first-order valence-corrected chi connectivity index (χ1v) is 3.63. The number of nitrogens with two attached hydrogens (primary N) is 3. The van der Waals surface area contributed by atoms with Crippen LogP contribution in [0.25, 0.3) is 0 Å². The quantitative estimate of drug-likeness (QED) is 0.395. The molecular formula is C6H14N4O2. The predicted molar refractivity (Wildman–Crippen MR) is 44.0 cm³/mol. The van der Waals surface area contributed by atoms with Gasteiger partial charge in [0, 0.05) is 0 Å². The molecule has 0 aliphatic rings. The van der Waals surface area contributed by atoms with E-state index in [0.29, 0.717) is 19.4 Å². The smallest absolute Gasteiger partial charge is 0.312 e. The van der Waals surface area contributed by atoms with E-state index in [1.54, 1.807) is 0 Å². The maximum atomic E-state index is 10.7. The van der Waals surface area contributed by atoms with Gasteiger partial charge in [0.15, 0.2) is 0 Å². The minimum Gasteiger partial charge on any atom is -0.368 e. The molecule has 12 heavy (non-hydrogen) atoms. The Morgan fingerprint density at radius 1 is 1.33 bits per heavy atom. The second kappa shape index (κ2) is 5.36. The van der Waals surface area contributed by atoms with Gasteiger partial charge in [0.05, 0.1) is 0 Å². The molecule has 0 heterocycles. The number of primary amides is 2. The third-order valence-corrected chi connectivity index (χ3v) is 1.36. The molecule has 0 saturated carbocycles. The zero-order valence-electron chi connectivity index (χ0n) is 6.75. The fourth-order valence-electron chi connectivity index (χ4n) is 0.779. The summed E-state index contributed by atoms with van der Waals surface area (Å²) in [5.74, 6) is -0.595. The lowest BCUT2D eigenvalue weighted by Gasteiger charge is -2.12. The molecule has 7 N–H and O–H groups in total. The summed E-state index contributed by atoms with van der Waals surface area (Å²) in [4.78, 5) is 21.0. The van der Waals surface area contributed by atoms with E-state index in [1.807, 2.05) is 0 Å². The van der Waals surface area contributed by atoms with Gasteiger partial charge in [-0.3, -0.25) is 4.79 Å². The average Bonchev–Trinajstić information content (AvgIpc) is 1.96. The molecule has 0 saturated heterocycles. The van der Waals surface area contributed by atoms with Crippen molar-refractivity contribution in [2.75, 3.05) is 6.54 Å². The summed E-state index contributed by atoms with van der Waals surface area (Å²) < 4.78 is 0. The van der Waals surface area contributed by atoms with Gasteiger partial charge in [0.1, 0.15) is 6.04 Å². The second-order valence-corrected chi connectivity index (χ2v) is 2.39. The van der Waals surface area contributed by atoms with Crippen molar-refractivity contribution < 1.29 is 9.59 Å². The number of carbonyl (C=O) groups is 2. The van der Waals surface area contributed by atoms with Crippen molar-refractivity contribution in [3.8, 4) is 0 Å². The van der Waals surface area contributed by atoms with Gasteiger partial charge in [0.2, 0.25) is 5.91 Å². The zero-order chi connectivity index (χ0) is 9.56. The van der Waals surface area contributed by atoms with Crippen LogP contribution >= 0.6 is 0 Å². The minimum atomic E-state index is -0.754. The standard InChI is InChI=1S/C6H14N4O2/c7-3-1-2-4(5(8)11)10-6(9)12/h4H,1-3,7H2,(H2,8,11)(H3,9,10,12)/t4-/m1/s1. The van der Waals surface area contributed by atoms with Crippen LogP contribution in [0.3, 0.4) is 0 Å². The van der Waals surface area contributed by atoms with Crippen LogP contribution < -0.4 is 22.5 Å². The number of hydrogen-bond acceptors (Lipinski definition) is 3. The molecule has 0 aliphatic heterocycles. The number of urea groups is 1. The van der Waals surface area contributed by atoms with E-state index in [2.05, 4.69) is 5.32 Å². The highest BCUT2D eigenvalue weighted by Crippen LogP contribution is 1.94. The fraction of sp³-hybridized carbons (Fsp3) is 0.667. The predicted octanol–water partition coefficient (Wildman–Crippen LogP) is -1.75. The molecule has 6 heteroatoms. The van der Waals surface area contributed by atoms with Crippen LogP contribution in [-0.4, -0.2) is 24.5 Å². The molecule has 0 bridgehead atoms. The number of carbonyl (C=O) groups excluding carboxylic acids is 2. The minimum absolute atomic E-state index is 0.425. The Hall–Kier alpha value is -1.30. The first kappa shape index (κ1) is 10.7. The van der Waals surface area contributed by atoms with Crippen molar-refractivity contribution in [1.29, 1.82) is 0 Å². The number of hydrogen-bond donors (Lipinski definition) is 4. The van der Waals surface area contributed by atoms with Gasteiger partial charge in [0.25, 0.3) is 0 Å². The Bertz CT molecular complexity index is 171. The summed E-state index contributed by atoms with van der Waals surface area (Å²) in [7, 11) is 0. The summed E-state index contributed by atoms with van der Waals surface area (Å²) >= 11 is 0. The van der Waals surface area contributed by atoms with Gasteiger partial charge in [-0.1, -0.05) is 0 Å². The Labute approximate surface area is 70.5 Å². The maximum absolute atomic E-state index is 10.7. The number of amides is 3. The Kier molecular flexibility index (Phi) is 4.78. The molecule has 0 aromatic rings. The fourth-order valence-corrected chi connectivity index (χ4v) is 0.779. The van der Waals surface area contributed by atoms with E-state index in [0.717, 1.165) is 0 Å². The van der Waals surface area contributed by atoms with Crippen molar-refractivity contribution in [2.45, 2.75) is 18.9 Å². The normalized spacial score (nSPS) is 12.1. The third kappa shape index (κ3) is 4.51. The maximum Gasteiger partial charge on any atom is 0.312 e. The zero-order valence-corrected chi connectivity index (χ0v) is 6.75. The van der Waals surface area contributed by atoms with Crippen molar-refractivity contribution in [3.05, 3.63) is 0 Å². The molecule has 0 unspecified atom stereocenters. The highest BCUT2D eigenvalue weighted by Gasteiger charge is 2.15. The van der Waals surface area contributed by atoms with Crippen LogP contribution in [0, 0.1) is 0 Å². The molecule has 0 aliphatic carbocycles. The summed E-state index contributed by atoms with van der Waals surface area (Å²) in [6.07, 6.45) is 1.04. The first-order valence-electron chi connectivity index (χ1n) is 3.63. The Morgan fingerprint density at radius 2 is 1.92 bits per heavy atom. The van der Waals surface area contributed by atoms with Crippen LogP contribution in [0.15, 0.2) is 0 Å². The first-order chi connectivity index (χ1) is 5.57. The van der Waals surface area contributed by atoms with Gasteiger partial charge in [-0.25, -0.2) is 4.79 Å². The van der Waals surface area contributed by atoms with Gasteiger partial charge < -0.3 is 22.5 Å². The molecule has 70 valence electrons. The molecule has 1 atom stereocenters. The van der Waals surface area contributed by atoms with E-state index < -0.39 is 18.0 Å². The molecule has 0 aromatic carbocycles. The van der Waals surface area contributed by atoms with Crippen molar-refractivity contribution in [2.24, 2.45) is 17.2 Å².